The number of hydrogen-bond donors (Lipinski definition) is 2. The summed E-state index contributed by atoms with van der Waals surface area (Å²) in [5.41, 5.74) is 0.390. The maximum atomic E-state index is 12.5. The Kier molecular flexibility index (Phi) is 4.73. The van der Waals surface area contributed by atoms with E-state index in [1.54, 1.807) is 36.7 Å². The number of nitrogens with one attached hydrogen (secondary N) is 2. The van der Waals surface area contributed by atoms with Gasteiger partial charge in [-0.05, 0) is 42.7 Å². The summed E-state index contributed by atoms with van der Waals surface area (Å²) in [4.78, 5) is 28.9. The van der Waals surface area contributed by atoms with E-state index in [1.807, 2.05) is 6.07 Å². The highest BCUT2D eigenvalue weighted by Crippen LogP contribution is 2.47. The average molecular weight is 364 g/mol. The fourth-order valence-electron chi connectivity index (χ4n) is 2.36. The molecule has 0 unspecified atom stereocenters. The normalized spacial score (nSPS) is 14.8. The van der Waals surface area contributed by atoms with Gasteiger partial charge >= 0.3 is 0 Å². The molecule has 0 radical (unpaired) electrons. The van der Waals surface area contributed by atoms with Crippen LogP contribution in [0.3, 0.4) is 0 Å². The average Bonchev–Trinajstić information content (AvgIpc) is 3.39. The smallest absolute Gasteiger partial charge is 0.240 e. The Labute approximate surface area is 149 Å². The minimum Gasteiger partial charge on any atom is -0.351 e. The van der Waals surface area contributed by atoms with Crippen molar-refractivity contribution in [2.75, 3.05) is 5.32 Å². The van der Waals surface area contributed by atoms with Gasteiger partial charge in [0.15, 0.2) is 0 Å². The van der Waals surface area contributed by atoms with Crippen LogP contribution in [-0.2, 0) is 16.1 Å². The molecule has 0 saturated heterocycles. The lowest BCUT2D eigenvalue weighted by molar-refractivity contribution is -0.134. The number of pyridine rings is 1. The molecule has 1 aliphatic rings. The predicted molar refractivity (Wildman–Crippen MR) is 92.8 cm³/mol. The van der Waals surface area contributed by atoms with Gasteiger partial charge in [-0.1, -0.05) is 29.3 Å². The third-order valence-electron chi connectivity index (χ3n) is 3.97. The van der Waals surface area contributed by atoms with Gasteiger partial charge in [-0.3, -0.25) is 14.6 Å². The van der Waals surface area contributed by atoms with Crippen molar-refractivity contribution in [3.05, 3.63) is 58.3 Å². The maximum Gasteiger partial charge on any atom is 0.240 e. The minimum absolute atomic E-state index is 0.274. The monoisotopic (exact) mass is 363 g/mol. The van der Waals surface area contributed by atoms with E-state index in [9.17, 15) is 9.59 Å². The summed E-state index contributed by atoms with van der Waals surface area (Å²) in [7, 11) is 0. The molecular formula is C17H15Cl2N3O2. The Hall–Kier alpha value is -2.11. The Bertz CT molecular complexity index is 777. The number of halogens is 2. The molecule has 2 N–H and O–H groups in total. The second-order valence-electron chi connectivity index (χ2n) is 5.71. The van der Waals surface area contributed by atoms with Crippen LogP contribution < -0.4 is 10.6 Å². The van der Waals surface area contributed by atoms with Crippen molar-refractivity contribution in [1.29, 1.82) is 0 Å². The first kappa shape index (κ1) is 16.7. The number of carbonyl (C=O) groups excluding carboxylic acids is 2. The van der Waals surface area contributed by atoms with Gasteiger partial charge in [0, 0.05) is 24.6 Å². The maximum absolute atomic E-state index is 12.5. The Morgan fingerprint density at radius 3 is 2.54 bits per heavy atom. The molecule has 1 saturated carbocycles. The van der Waals surface area contributed by atoms with Crippen molar-refractivity contribution in [3.63, 3.8) is 0 Å². The van der Waals surface area contributed by atoms with E-state index in [0.717, 1.165) is 5.56 Å². The first-order chi connectivity index (χ1) is 11.5. The molecule has 5 nitrogen and oxygen atoms in total. The van der Waals surface area contributed by atoms with Crippen molar-refractivity contribution in [2.45, 2.75) is 19.4 Å². The van der Waals surface area contributed by atoms with Crippen LogP contribution >= 0.6 is 23.2 Å². The van der Waals surface area contributed by atoms with Gasteiger partial charge in [-0.25, -0.2) is 0 Å². The molecular weight excluding hydrogens is 349 g/mol. The Balaban J connectivity index is 1.63. The van der Waals surface area contributed by atoms with E-state index in [1.165, 1.54) is 0 Å². The topological polar surface area (TPSA) is 71.1 Å². The van der Waals surface area contributed by atoms with Gasteiger partial charge in [0.2, 0.25) is 11.8 Å². The SMILES string of the molecule is O=C(NCc1cccnc1)C1(C(=O)Nc2ccc(Cl)c(Cl)c2)CC1. The third-order valence-corrected chi connectivity index (χ3v) is 4.71. The molecule has 2 amide bonds. The van der Waals surface area contributed by atoms with Gasteiger partial charge in [-0.2, -0.15) is 0 Å². The van der Waals surface area contributed by atoms with Crippen molar-refractivity contribution < 1.29 is 9.59 Å². The summed E-state index contributed by atoms with van der Waals surface area (Å²) in [6.07, 6.45) is 4.39. The molecule has 1 fully saturated rings. The molecule has 1 heterocycles. The van der Waals surface area contributed by atoms with E-state index in [-0.39, 0.29) is 11.8 Å². The number of aromatic nitrogens is 1. The zero-order valence-corrected chi connectivity index (χ0v) is 14.2. The molecule has 1 aliphatic carbocycles. The van der Waals surface area contributed by atoms with Crippen LogP contribution in [0.2, 0.25) is 10.0 Å². The van der Waals surface area contributed by atoms with Gasteiger partial charge in [0.25, 0.3) is 0 Å². The second kappa shape index (κ2) is 6.79. The molecule has 1 aromatic heterocycles. The Morgan fingerprint density at radius 2 is 1.92 bits per heavy atom. The molecule has 0 aliphatic heterocycles. The van der Waals surface area contributed by atoms with Crippen LogP contribution in [-0.4, -0.2) is 16.8 Å². The third kappa shape index (κ3) is 3.52. The van der Waals surface area contributed by atoms with Crippen LogP contribution in [0.15, 0.2) is 42.7 Å². The number of hydrogen-bond acceptors (Lipinski definition) is 3. The van der Waals surface area contributed by atoms with Crippen LogP contribution in [0.1, 0.15) is 18.4 Å². The second-order valence-corrected chi connectivity index (χ2v) is 6.52. The number of anilines is 1. The summed E-state index contributed by atoms with van der Waals surface area (Å²) in [5.74, 6) is -0.603. The standard InChI is InChI=1S/C17H15Cl2N3O2/c18-13-4-3-12(8-14(13)19)22-16(24)17(5-6-17)15(23)21-10-11-2-1-7-20-9-11/h1-4,7-9H,5-6,10H2,(H,21,23)(H,22,24). The van der Waals surface area contributed by atoms with Gasteiger partial charge in [0.1, 0.15) is 5.41 Å². The zero-order chi connectivity index (χ0) is 17.2. The van der Waals surface area contributed by atoms with Crippen LogP contribution in [0.4, 0.5) is 5.69 Å². The number of rotatable bonds is 5. The molecule has 24 heavy (non-hydrogen) atoms. The highest BCUT2D eigenvalue weighted by Gasteiger charge is 2.56. The largest absolute Gasteiger partial charge is 0.351 e. The number of nitrogens with zero attached hydrogens (tertiary/aromatic N) is 1. The molecule has 2 aromatic rings. The molecule has 0 bridgehead atoms. The summed E-state index contributed by atoms with van der Waals surface area (Å²) in [5, 5.41) is 6.29. The van der Waals surface area contributed by atoms with Crippen molar-refractivity contribution in [3.8, 4) is 0 Å². The fraction of sp³-hybridized carbons (Fsp3) is 0.235. The Morgan fingerprint density at radius 1 is 1.12 bits per heavy atom. The van der Waals surface area contributed by atoms with E-state index in [0.29, 0.717) is 35.1 Å². The highest BCUT2D eigenvalue weighted by molar-refractivity contribution is 6.42. The zero-order valence-electron chi connectivity index (χ0n) is 12.7. The van der Waals surface area contributed by atoms with Gasteiger partial charge < -0.3 is 10.6 Å². The fourth-order valence-corrected chi connectivity index (χ4v) is 2.66. The van der Waals surface area contributed by atoms with Crippen LogP contribution in [0, 0.1) is 5.41 Å². The molecule has 1 aromatic carbocycles. The molecule has 7 heteroatoms. The first-order valence-corrected chi connectivity index (χ1v) is 8.20. The number of amides is 2. The van der Waals surface area contributed by atoms with Crippen LogP contribution in [0.5, 0.6) is 0 Å². The van der Waals surface area contributed by atoms with Crippen molar-refractivity contribution in [2.24, 2.45) is 5.41 Å². The first-order valence-electron chi connectivity index (χ1n) is 7.45. The van der Waals surface area contributed by atoms with E-state index >= 15 is 0 Å². The lowest BCUT2D eigenvalue weighted by atomic mass is 10.0. The quantitative estimate of drug-likeness (QED) is 0.799. The summed E-state index contributed by atoms with van der Waals surface area (Å²) in [6, 6.07) is 8.47. The molecule has 0 spiro atoms. The molecule has 3 rings (SSSR count). The van der Waals surface area contributed by atoms with E-state index in [2.05, 4.69) is 15.6 Å². The van der Waals surface area contributed by atoms with Gasteiger partial charge in [0.05, 0.1) is 10.0 Å². The predicted octanol–water partition coefficient (Wildman–Crippen LogP) is 3.42. The van der Waals surface area contributed by atoms with Crippen molar-refractivity contribution >= 4 is 40.7 Å². The lowest BCUT2D eigenvalue weighted by Gasteiger charge is -2.15. The minimum atomic E-state index is -1.01. The number of benzene rings is 1. The van der Waals surface area contributed by atoms with E-state index in [4.69, 9.17) is 23.2 Å². The lowest BCUT2D eigenvalue weighted by Crippen LogP contribution is -2.39. The van der Waals surface area contributed by atoms with E-state index < -0.39 is 5.41 Å². The van der Waals surface area contributed by atoms with Crippen LogP contribution in [0.25, 0.3) is 0 Å². The highest BCUT2D eigenvalue weighted by atomic mass is 35.5. The molecule has 124 valence electrons. The summed E-state index contributed by atoms with van der Waals surface area (Å²) >= 11 is 11.8. The van der Waals surface area contributed by atoms with Crippen molar-refractivity contribution in [1.82, 2.24) is 10.3 Å². The summed E-state index contributed by atoms with van der Waals surface area (Å²) in [6.45, 7) is 0.342. The van der Waals surface area contributed by atoms with Gasteiger partial charge in [-0.15, -0.1) is 0 Å². The number of carbonyl (C=O) groups is 2. The molecule has 0 atom stereocenters. The summed E-state index contributed by atoms with van der Waals surface area (Å²) < 4.78 is 0.